The number of anilines is 3. The van der Waals surface area contributed by atoms with Gasteiger partial charge in [0, 0.05) is 11.2 Å². The molecule has 23 heavy (non-hydrogen) atoms. The maximum atomic E-state index is 10.7. The molecule has 0 heterocycles. The number of carbonyl (C=O) groups excluding carboxylic acids is 1. The number of hydrogen-bond acceptors (Lipinski definition) is 4. The van der Waals surface area contributed by atoms with Crippen molar-refractivity contribution in [1.29, 1.82) is 0 Å². The van der Waals surface area contributed by atoms with Crippen molar-refractivity contribution < 1.29 is 9.53 Å². The van der Waals surface area contributed by atoms with Gasteiger partial charge < -0.3 is 21.1 Å². The average Bonchev–Trinajstić information content (AvgIpc) is 2.47. The zero-order valence-corrected chi connectivity index (χ0v) is 13.7. The van der Waals surface area contributed by atoms with Gasteiger partial charge in [0.05, 0.1) is 11.4 Å². The summed E-state index contributed by atoms with van der Waals surface area (Å²) in [7, 11) is 0. The van der Waals surface area contributed by atoms with Crippen molar-refractivity contribution in [3.63, 3.8) is 0 Å². The van der Waals surface area contributed by atoms with Crippen LogP contribution in [0, 0.1) is 0 Å². The summed E-state index contributed by atoms with van der Waals surface area (Å²) in [6, 6.07) is 15.6. The Balaban J connectivity index is 2.34. The van der Waals surface area contributed by atoms with Crippen LogP contribution in [-0.2, 0) is 11.3 Å². The third-order valence-corrected chi connectivity index (χ3v) is 3.42. The fourth-order valence-corrected chi connectivity index (χ4v) is 2.47. The molecule has 122 valence electrons. The first-order valence-electron chi connectivity index (χ1n) is 7.45. The number of amides is 1. The van der Waals surface area contributed by atoms with Gasteiger partial charge in [0.2, 0.25) is 0 Å². The third-order valence-electron chi connectivity index (χ3n) is 3.42. The highest BCUT2D eigenvalue weighted by molar-refractivity contribution is 5.76. The Morgan fingerprint density at radius 1 is 1.09 bits per heavy atom. The first kappa shape index (κ1) is 16.7. The topological polar surface area (TPSA) is 81.6 Å². The highest BCUT2D eigenvalue weighted by Gasteiger charge is 2.24. The van der Waals surface area contributed by atoms with Gasteiger partial charge in [0.1, 0.15) is 6.61 Å². The number of nitrogen functional groups attached to an aromatic ring is 1. The van der Waals surface area contributed by atoms with E-state index in [1.54, 1.807) is 0 Å². The molecule has 0 bridgehead atoms. The smallest absolute Gasteiger partial charge is 0.404 e. The molecule has 0 saturated carbocycles. The summed E-state index contributed by atoms with van der Waals surface area (Å²) in [5, 5.41) is 0. The first-order chi connectivity index (χ1) is 10.8. The number of rotatable bonds is 4. The summed E-state index contributed by atoms with van der Waals surface area (Å²) in [4.78, 5) is 12.9. The van der Waals surface area contributed by atoms with E-state index in [0.29, 0.717) is 0 Å². The second-order valence-electron chi connectivity index (χ2n) is 6.34. The Labute approximate surface area is 136 Å². The van der Waals surface area contributed by atoms with Crippen molar-refractivity contribution in [1.82, 2.24) is 0 Å². The molecule has 0 aliphatic rings. The molecule has 0 unspecified atom stereocenters. The third kappa shape index (κ3) is 4.16. The van der Waals surface area contributed by atoms with Gasteiger partial charge in [-0.2, -0.15) is 0 Å². The summed E-state index contributed by atoms with van der Waals surface area (Å²) in [6.45, 7) is 6.55. The zero-order valence-electron chi connectivity index (χ0n) is 13.7. The second-order valence-corrected chi connectivity index (χ2v) is 6.34. The maximum Gasteiger partial charge on any atom is 0.404 e. The highest BCUT2D eigenvalue weighted by atomic mass is 16.5. The molecule has 0 aliphatic carbocycles. The van der Waals surface area contributed by atoms with Gasteiger partial charge in [0.25, 0.3) is 0 Å². The molecule has 2 aromatic carbocycles. The predicted molar refractivity (Wildman–Crippen MR) is 93.6 cm³/mol. The van der Waals surface area contributed by atoms with Crippen molar-refractivity contribution in [2.75, 3.05) is 10.6 Å². The number of nitrogens with two attached hydrogens (primary N) is 2. The molecule has 2 rings (SSSR count). The van der Waals surface area contributed by atoms with Gasteiger partial charge in [-0.1, -0.05) is 24.3 Å². The maximum absolute atomic E-state index is 10.7. The van der Waals surface area contributed by atoms with Crippen molar-refractivity contribution in [3.8, 4) is 0 Å². The monoisotopic (exact) mass is 313 g/mol. The van der Waals surface area contributed by atoms with Gasteiger partial charge in [-0.25, -0.2) is 4.79 Å². The Bertz CT molecular complexity index is 675. The molecule has 0 fully saturated rings. The Morgan fingerprint density at radius 2 is 1.70 bits per heavy atom. The molecule has 0 atom stereocenters. The number of nitrogens with zero attached hydrogens (tertiary/aromatic N) is 1. The Morgan fingerprint density at radius 3 is 2.22 bits per heavy atom. The second kappa shape index (κ2) is 6.60. The van der Waals surface area contributed by atoms with Gasteiger partial charge >= 0.3 is 6.09 Å². The van der Waals surface area contributed by atoms with Crippen LogP contribution in [0.2, 0.25) is 0 Å². The number of carbonyl (C=O) groups is 1. The summed E-state index contributed by atoms with van der Waals surface area (Å²) < 4.78 is 4.80. The SMILES string of the molecule is CC(C)(C)N(c1ccc(COC(N)=O)cc1)c1ccccc1N. The predicted octanol–water partition coefficient (Wildman–Crippen LogP) is 3.80. The molecule has 5 heteroatoms. The summed E-state index contributed by atoms with van der Waals surface area (Å²) >= 11 is 0. The lowest BCUT2D eigenvalue weighted by Crippen LogP contribution is -2.38. The van der Waals surface area contributed by atoms with Crippen LogP contribution in [0.3, 0.4) is 0 Å². The first-order valence-corrected chi connectivity index (χ1v) is 7.45. The van der Waals surface area contributed by atoms with E-state index >= 15 is 0 Å². The molecule has 5 nitrogen and oxygen atoms in total. The minimum absolute atomic E-state index is 0.152. The van der Waals surface area contributed by atoms with E-state index in [1.807, 2.05) is 48.5 Å². The average molecular weight is 313 g/mol. The van der Waals surface area contributed by atoms with E-state index in [1.165, 1.54) is 0 Å². The molecule has 0 saturated heterocycles. The van der Waals surface area contributed by atoms with Gasteiger partial charge in [0.15, 0.2) is 0 Å². The van der Waals surface area contributed by atoms with E-state index in [9.17, 15) is 4.79 Å². The molecule has 0 aromatic heterocycles. The summed E-state index contributed by atoms with van der Waals surface area (Å²) in [5.41, 5.74) is 14.6. The molecule has 2 aromatic rings. The number of primary amides is 1. The fourth-order valence-electron chi connectivity index (χ4n) is 2.47. The number of benzene rings is 2. The van der Waals surface area contributed by atoms with Crippen molar-refractivity contribution in [2.24, 2.45) is 5.73 Å². The lowest BCUT2D eigenvalue weighted by atomic mass is 10.0. The van der Waals surface area contributed by atoms with Gasteiger partial charge in [-0.3, -0.25) is 0 Å². The number of para-hydroxylation sites is 2. The van der Waals surface area contributed by atoms with Crippen LogP contribution < -0.4 is 16.4 Å². The summed E-state index contributed by atoms with van der Waals surface area (Å²) in [6.07, 6.45) is -0.776. The molecule has 4 N–H and O–H groups in total. The molecule has 0 aliphatic heterocycles. The minimum atomic E-state index is -0.776. The molecule has 0 spiro atoms. The van der Waals surface area contributed by atoms with E-state index in [4.69, 9.17) is 16.2 Å². The van der Waals surface area contributed by atoms with Gasteiger partial charge in [-0.05, 0) is 50.6 Å². The van der Waals surface area contributed by atoms with Crippen molar-refractivity contribution >= 4 is 23.2 Å². The minimum Gasteiger partial charge on any atom is -0.445 e. The molecular weight excluding hydrogens is 290 g/mol. The fraction of sp³-hybridized carbons (Fsp3) is 0.278. The normalized spacial score (nSPS) is 11.1. The van der Waals surface area contributed by atoms with E-state index in [0.717, 1.165) is 22.6 Å². The van der Waals surface area contributed by atoms with E-state index < -0.39 is 6.09 Å². The molecule has 0 radical (unpaired) electrons. The largest absolute Gasteiger partial charge is 0.445 e. The quantitative estimate of drug-likeness (QED) is 0.841. The number of hydrogen-bond donors (Lipinski definition) is 2. The van der Waals surface area contributed by atoms with Crippen LogP contribution >= 0.6 is 0 Å². The van der Waals surface area contributed by atoms with E-state index in [-0.39, 0.29) is 12.1 Å². The molecular formula is C18H23N3O2. The zero-order chi connectivity index (χ0) is 17.0. The Hall–Kier alpha value is -2.69. The van der Waals surface area contributed by atoms with Crippen LogP contribution in [0.5, 0.6) is 0 Å². The van der Waals surface area contributed by atoms with E-state index in [2.05, 4.69) is 25.7 Å². The molecule has 1 amide bonds. The van der Waals surface area contributed by atoms with Crippen LogP contribution in [0.1, 0.15) is 26.3 Å². The van der Waals surface area contributed by atoms with Crippen molar-refractivity contribution in [3.05, 3.63) is 54.1 Å². The summed E-state index contributed by atoms with van der Waals surface area (Å²) in [5.74, 6) is 0. The lowest BCUT2D eigenvalue weighted by molar-refractivity contribution is 0.150. The van der Waals surface area contributed by atoms with Gasteiger partial charge in [-0.15, -0.1) is 0 Å². The highest BCUT2D eigenvalue weighted by Crippen LogP contribution is 2.36. The Kier molecular flexibility index (Phi) is 4.79. The van der Waals surface area contributed by atoms with Crippen LogP contribution in [-0.4, -0.2) is 11.6 Å². The van der Waals surface area contributed by atoms with Crippen LogP contribution in [0.4, 0.5) is 21.9 Å². The van der Waals surface area contributed by atoms with Crippen molar-refractivity contribution in [2.45, 2.75) is 32.9 Å². The number of ether oxygens (including phenoxy) is 1. The lowest BCUT2D eigenvalue weighted by Gasteiger charge is -2.38. The van der Waals surface area contributed by atoms with Crippen LogP contribution in [0.25, 0.3) is 0 Å². The standard InChI is InChI=1S/C18H23N3O2/c1-18(2,3)21(16-7-5-4-6-15(16)19)14-10-8-13(9-11-14)12-23-17(20)22/h4-11H,12,19H2,1-3H3,(H2,20,22). The van der Waals surface area contributed by atoms with Crippen LogP contribution in [0.15, 0.2) is 48.5 Å².